The van der Waals surface area contributed by atoms with Crippen LogP contribution in [-0.2, 0) is 93.7 Å². The minimum Gasteiger partial charge on any atom is -0.480 e. The third kappa shape index (κ3) is 30.2. The molecule has 3 fully saturated rings. The molecule has 6 unspecified atom stereocenters. The molecule has 3 heterocycles. The first-order valence-electron chi connectivity index (χ1n) is 29.1. The highest BCUT2D eigenvalue weighted by Crippen LogP contribution is 2.52. The first kappa shape index (κ1) is 79.5. The van der Waals surface area contributed by atoms with Crippen LogP contribution >= 0.6 is 23.2 Å². The number of nitrogens with zero attached hydrogens (tertiary/aromatic N) is 3. The number of carbonyl (C=O) groups excluding carboxylic acids is 8. The van der Waals surface area contributed by atoms with Crippen LogP contribution in [0.2, 0.25) is 19.0 Å². The Bertz CT molecular complexity index is 2520. The number of aliphatic hydroxyl groups is 1. The number of hydrogen-bond acceptors (Lipinski definition) is 21. The standard InChI is InChI=1S/C49H81B6N6O25P3/c1-30(2)22-58-49(72)33(8-9-43(65)56-10-13-61(47(69)21-52)26-44(66)57-23-48(70)71)17-35(64)25-59(45(67)19-50)11-5-7-34(63)24-60(46(68)20-51)12-6-14-87(73,74)84-38-18-42(55(53)54)83-41(38)29-80-89(77,78)86-37-16-32(4)82-40(37)28-79-88(75,76)85-36-15-31(3)81-39(36)27-62/h30-33,36-42,62H,5-29H2,1-4H3,(H,56,65)(H,57,66)(H,58,72)(H,70,71)(H,73,74)(H,75,76)(H,77,78)/t31-,32-,33+,36?,37?,38?,39+,40+,41+,42+/m0/s1. The van der Waals surface area contributed by atoms with E-state index in [1.807, 2.05) is 13.8 Å². The van der Waals surface area contributed by atoms with Gasteiger partial charge in [-0.15, -0.1) is 0 Å². The Morgan fingerprint density at radius 2 is 1.15 bits per heavy atom. The van der Waals surface area contributed by atoms with E-state index in [1.165, 1.54) is 0 Å². The fourth-order valence-electron chi connectivity index (χ4n) is 9.56. The van der Waals surface area contributed by atoms with E-state index in [-0.39, 0.29) is 96.1 Å². The highest BCUT2D eigenvalue weighted by Gasteiger charge is 2.46. The smallest absolute Gasteiger partial charge is 0.472 e. The number of phosphoric acid groups is 2. The molecule has 0 saturated carbocycles. The van der Waals surface area contributed by atoms with E-state index < -0.39 is 215 Å². The molecule has 10 radical (unpaired) electrons. The van der Waals surface area contributed by atoms with Crippen LogP contribution in [-0.4, -0.2) is 278 Å². The molecule has 3 aliphatic rings. The summed E-state index contributed by atoms with van der Waals surface area (Å²) in [6, 6.07) is -0.982. The van der Waals surface area contributed by atoms with Crippen LogP contribution in [0.15, 0.2) is 0 Å². The molecule has 89 heavy (non-hydrogen) atoms. The monoisotopic (exact) mass is 1310 g/mol. The molecular weight excluding hydrogens is 1230 g/mol. The van der Waals surface area contributed by atoms with Gasteiger partial charge in [-0.2, -0.15) is 0 Å². The largest absolute Gasteiger partial charge is 0.480 e. The molecule has 40 heteroatoms. The topological polar surface area (TPSA) is 426 Å². The molecule has 0 spiro atoms. The zero-order valence-electron chi connectivity index (χ0n) is 50.6. The first-order valence-corrected chi connectivity index (χ1v) is 33.8. The number of ether oxygens (including phenoxy) is 3. The van der Waals surface area contributed by atoms with Gasteiger partial charge in [0, 0.05) is 92.2 Å². The minimum atomic E-state index is -5.02. The van der Waals surface area contributed by atoms with Gasteiger partial charge in [0.1, 0.15) is 37.1 Å². The minimum absolute atomic E-state index is 0.0138. The Hall–Kier alpha value is -3.77. The number of Topliss-reactive ketones (excluding diaryl/α,β-unsaturated/α-hetero) is 2. The van der Waals surface area contributed by atoms with E-state index in [4.69, 9.17) is 80.9 Å². The van der Waals surface area contributed by atoms with Gasteiger partial charge in [0.15, 0.2) is 11.6 Å². The van der Waals surface area contributed by atoms with Crippen LogP contribution in [0.4, 0.5) is 0 Å². The van der Waals surface area contributed by atoms with Crippen molar-refractivity contribution in [1.82, 2.24) is 30.7 Å². The molecule has 31 nitrogen and oxygen atoms in total. The van der Waals surface area contributed by atoms with Crippen molar-refractivity contribution < 1.29 is 119 Å². The maximum absolute atomic E-state index is 13.5. The molecule has 0 aromatic carbocycles. The number of carbonyl (C=O) groups is 9. The van der Waals surface area contributed by atoms with Crippen LogP contribution in [0.25, 0.3) is 0 Å². The second-order valence-electron chi connectivity index (χ2n) is 22.2. The zero-order chi connectivity index (χ0) is 66.8. The summed E-state index contributed by atoms with van der Waals surface area (Å²) in [5.41, 5.74) is 0. The summed E-state index contributed by atoms with van der Waals surface area (Å²) in [5.74, 6) is -7.25. The molecule has 0 aromatic rings. The van der Waals surface area contributed by atoms with E-state index in [0.717, 1.165) is 14.7 Å². The molecule has 0 aliphatic carbocycles. The summed E-state index contributed by atoms with van der Waals surface area (Å²) in [4.78, 5) is 149. The van der Waals surface area contributed by atoms with Crippen LogP contribution in [0.5, 0.6) is 0 Å². The van der Waals surface area contributed by atoms with E-state index in [1.54, 1.807) is 13.8 Å². The van der Waals surface area contributed by atoms with Crippen LogP contribution in [0.3, 0.4) is 0 Å². The Morgan fingerprint density at radius 1 is 0.640 bits per heavy atom. The van der Waals surface area contributed by atoms with Crippen molar-refractivity contribution in [2.45, 2.75) is 159 Å². The predicted octanol–water partition coefficient (Wildman–Crippen LogP) is -2.14. The van der Waals surface area contributed by atoms with Crippen LogP contribution in [0, 0.1) is 11.8 Å². The third-order valence-electron chi connectivity index (χ3n) is 14.0. The molecule has 0 aromatic heterocycles. The van der Waals surface area contributed by atoms with Crippen LogP contribution in [0.1, 0.15) is 85.5 Å². The quantitative estimate of drug-likeness (QED) is 0.0238. The van der Waals surface area contributed by atoms with E-state index >= 15 is 0 Å². The number of phosphoric ester groups is 2. The van der Waals surface area contributed by atoms with E-state index in [2.05, 4.69) is 16.0 Å². The Morgan fingerprint density at radius 3 is 1.67 bits per heavy atom. The Kier molecular flexibility index (Phi) is 34.9. The van der Waals surface area contributed by atoms with Gasteiger partial charge in [0.05, 0.1) is 94.0 Å². The maximum Gasteiger partial charge on any atom is 0.472 e. The lowest BCUT2D eigenvalue weighted by Crippen LogP contribution is -2.45. The molecule has 3 aliphatic heterocycles. The summed E-state index contributed by atoms with van der Waals surface area (Å²) >= 11 is 0. The summed E-state index contributed by atoms with van der Waals surface area (Å²) in [6.45, 7) is 1.31. The van der Waals surface area contributed by atoms with Gasteiger partial charge >= 0.3 is 29.2 Å². The fraction of sp³-hybridized carbons (Fsp3) is 0.816. The lowest BCUT2D eigenvalue weighted by Gasteiger charge is -2.26. The Labute approximate surface area is 525 Å². The van der Waals surface area contributed by atoms with E-state index in [0.29, 0.717) is 0 Å². The maximum atomic E-state index is 13.5. The van der Waals surface area contributed by atoms with Gasteiger partial charge in [0.25, 0.3) is 0 Å². The van der Waals surface area contributed by atoms with Crippen LogP contribution < -0.4 is 16.0 Å². The van der Waals surface area contributed by atoms with Crippen molar-refractivity contribution in [2.75, 3.05) is 84.9 Å². The number of ketones is 2. The summed E-state index contributed by atoms with van der Waals surface area (Å²) in [5, 5.41) is 25.8. The Balaban J connectivity index is 1.54. The number of aliphatic carboxylic acids is 1. The second kappa shape index (κ2) is 39.1. The fourth-order valence-corrected chi connectivity index (χ4v) is 12.8. The molecular formula is C49H81B6N6O25P3. The molecule has 3 rings (SSSR count). The lowest BCUT2D eigenvalue weighted by atomic mass is 9.16. The highest BCUT2D eigenvalue weighted by molar-refractivity contribution is 7.52. The van der Waals surface area contributed by atoms with Crippen molar-refractivity contribution in [1.29, 1.82) is 0 Å². The number of amides is 6. The molecule has 0 bridgehead atoms. The van der Waals surface area contributed by atoms with Crippen molar-refractivity contribution >= 4 is 122 Å². The molecule has 8 N–H and O–H groups in total. The summed E-state index contributed by atoms with van der Waals surface area (Å²) in [7, 11) is 14.0. The molecule has 490 valence electrons. The average Bonchev–Trinajstić information content (AvgIpc) is 3.22. The number of carboxylic acids is 1. The molecule has 13 atom stereocenters. The predicted molar refractivity (Wildman–Crippen MR) is 321 cm³/mol. The van der Waals surface area contributed by atoms with Crippen molar-refractivity contribution in [3.05, 3.63) is 0 Å². The number of hydrogen-bond donors (Lipinski definition) is 8. The first-order chi connectivity index (χ1) is 41.7. The van der Waals surface area contributed by atoms with Crippen molar-refractivity contribution in [2.24, 2.45) is 11.8 Å². The van der Waals surface area contributed by atoms with Gasteiger partial charge in [-0.05, 0) is 64.4 Å². The second-order valence-corrected chi connectivity index (χ2v) is 26.9. The highest BCUT2D eigenvalue weighted by atomic mass is 31.2. The van der Waals surface area contributed by atoms with Gasteiger partial charge in [-0.1, -0.05) is 13.8 Å². The van der Waals surface area contributed by atoms with E-state index in [9.17, 15) is 76.6 Å². The molecule has 3 saturated heterocycles. The van der Waals surface area contributed by atoms with Gasteiger partial charge in [-0.25, -0.2) is 9.13 Å². The number of carboxylic acid groups (broad SMARTS) is 1. The van der Waals surface area contributed by atoms with Gasteiger partial charge in [0.2, 0.25) is 35.4 Å². The molecule has 6 amide bonds. The van der Waals surface area contributed by atoms with Gasteiger partial charge < -0.3 is 74.3 Å². The average molecular weight is 1310 g/mol. The normalized spacial score (nSPS) is 23.9. The third-order valence-corrected chi connectivity index (χ3v) is 17.6. The number of rotatable bonds is 44. The lowest BCUT2D eigenvalue weighted by molar-refractivity contribution is -0.139. The number of nitrogens with one attached hydrogen (secondary N) is 3. The SMILES string of the molecule is [B]CC(=O)N(CCCP(=O)(O)OC1C[C@H](B([B])[B])O[C@@H]1COP(=O)(O)OC1C[C@H](C)O[C@@H]1COP(=O)(O)OC1C[C@H](C)O[C@@H]1CO)CC(=O)CCCN(CC(=O)C[C@@H](CCC(=O)NCCN(CC(=O)NCC(=O)O)C(=O)C[B])C(=O)NCC(C)C)C(=O)C[B]. The number of aliphatic hydroxyl groups excluding tert-OH is 1. The van der Waals surface area contributed by atoms with Crippen molar-refractivity contribution in [3.63, 3.8) is 0 Å². The summed E-state index contributed by atoms with van der Waals surface area (Å²) in [6.07, 6.45) is -11.0. The summed E-state index contributed by atoms with van der Waals surface area (Å²) < 4.78 is 83.1. The zero-order valence-corrected chi connectivity index (χ0v) is 53.3. The van der Waals surface area contributed by atoms with Crippen molar-refractivity contribution in [3.8, 4) is 0 Å². The van der Waals surface area contributed by atoms with Gasteiger partial charge in [-0.3, -0.25) is 65.8 Å².